The first-order valence-corrected chi connectivity index (χ1v) is 12.6. The molecule has 0 fully saturated rings. The summed E-state index contributed by atoms with van der Waals surface area (Å²) in [7, 11) is -2.02. The molecule has 0 bridgehead atoms. The van der Waals surface area contributed by atoms with Crippen LogP contribution < -0.4 is 9.62 Å². The van der Waals surface area contributed by atoms with Crippen LogP contribution in [-0.2, 0) is 26.2 Å². The zero-order valence-electron chi connectivity index (χ0n) is 18.8. The number of carbonyl (C=O) groups is 2. The Morgan fingerprint density at radius 1 is 1.12 bits per heavy atom. The van der Waals surface area contributed by atoms with E-state index in [9.17, 15) is 18.0 Å². The topological polar surface area (TPSA) is 86.8 Å². The molecule has 32 heavy (non-hydrogen) atoms. The second-order valence-corrected chi connectivity index (χ2v) is 10.1. The maximum atomic E-state index is 13.1. The molecule has 0 spiro atoms. The smallest absolute Gasteiger partial charge is 0.242 e. The molecule has 7 nitrogen and oxygen atoms in total. The zero-order chi connectivity index (χ0) is 23.9. The van der Waals surface area contributed by atoms with Crippen LogP contribution in [0.4, 0.5) is 5.69 Å². The molecule has 1 atom stereocenters. The van der Waals surface area contributed by atoms with Gasteiger partial charge in [-0.05, 0) is 44.0 Å². The normalized spacial score (nSPS) is 12.2. The molecule has 2 amide bonds. The number of hydrogen-bond acceptors (Lipinski definition) is 4. The van der Waals surface area contributed by atoms with Crippen LogP contribution in [0.5, 0.6) is 0 Å². The monoisotopic (exact) mass is 479 g/mol. The Morgan fingerprint density at radius 2 is 1.81 bits per heavy atom. The van der Waals surface area contributed by atoms with Crippen molar-refractivity contribution in [3.63, 3.8) is 0 Å². The van der Waals surface area contributed by atoms with Crippen LogP contribution in [0.25, 0.3) is 0 Å². The average Bonchev–Trinajstić information content (AvgIpc) is 2.73. The molecule has 9 heteroatoms. The standard InChI is InChI=1S/C23H30ClN3O4S/c1-17-8-5-9-19(14-17)16-26(18(2)23(29)25-3)22(28)12-7-13-27(32(4,30)31)21-11-6-10-20(24)15-21/h5-6,8-11,14-15,18H,7,12-13,16H2,1-4H3,(H,25,29). The van der Waals surface area contributed by atoms with Crippen molar-refractivity contribution in [1.82, 2.24) is 10.2 Å². The van der Waals surface area contributed by atoms with Gasteiger partial charge in [0.05, 0.1) is 11.9 Å². The molecule has 0 aliphatic carbocycles. The summed E-state index contributed by atoms with van der Waals surface area (Å²) in [4.78, 5) is 26.8. The van der Waals surface area contributed by atoms with Crippen LogP contribution in [0.15, 0.2) is 48.5 Å². The van der Waals surface area contributed by atoms with E-state index in [0.29, 0.717) is 23.7 Å². The average molecular weight is 480 g/mol. The van der Waals surface area contributed by atoms with Crippen molar-refractivity contribution in [2.24, 2.45) is 0 Å². The molecular formula is C23H30ClN3O4S. The van der Waals surface area contributed by atoms with Gasteiger partial charge in [0.25, 0.3) is 0 Å². The van der Waals surface area contributed by atoms with Crippen LogP contribution in [0, 0.1) is 6.92 Å². The Labute approximate surface area is 195 Å². The molecule has 1 N–H and O–H groups in total. The second-order valence-electron chi connectivity index (χ2n) is 7.72. The van der Waals surface area contributed by atoms with Gasteiger partial charge in [-0.1, -0.05) is 47.5 Å². The number of halogens is 1. The van der Waals surface area contributed by atoms with Gasteiger partial charge in [0.1, 0.15) is 6.04 Å². The number of benzene rings is 2. The van der Waals surface area contributed by atoms with Crippen molar-refractivity contribution in [2.45, 2.75) is 39.3 Å². The molecule has 0 aliphatic rings. The van der Waals surface area contributed by atoms with E-state index in [0.717, 1.165) is 17.4 Å². The number of amides is 2. The van der Waals surface area contributed by atoms with Gasteiger partial charge in [0, 0.05) is 31.6 Å². The first-order chi connectivity index (χ1) is 15.0. The first-order valence-electron chi connectivity index (χ1n) is 10.3. The number of anilines is 1. The van der Waals surface area contributed by atoms with Gasteiger partial charge in [0.2, 0.25) is 21.8 Å². The molecule has 0 saturated heterocycles. The first kappa shape index (κ1) is 25.7. The molecule has 1 unspecified atom stereocenters. The summed E-state index contributed by atoms with van der Waals surface area (Å²) in [6.45, 7) is 4.06. The van der Waals surface area contributed by atoms with E-state index < -0.39 is 16.1 Å². The lowest BCUT2D eigenvalue weighted by molar-refractivity contribution is -0.140. The summed E-state index contributed by atoms with van der Waals surface area (Å²) in [6, 6.07) is 13.7. The Bertz CT molecular complexity index is 1060. The minimum atomic E-state index is -3.55. The van der Waals surface area contributed by atoms with Gasteiger partial charge in [-0.2, -0.15) is 0 Å². The van der Waals surface area contributed by atoms with Gasteiger partial charge in [-0.3, -0.25) is 13.9 Å². The van der Waals surface area contributed by atoms with E-state index in [1.54, 1.807) is 31.2 Å². The molecule has 2 aromatic rings. The quantitative estimate of drug-likeness (QED) is 0.566. The largest absolute Gasteiger partial charge is 0.357 e. The minimum Gasteiger partial charge on any atom is -0.357 e. The number of sulfonamides is 1. The highest BCUT2D eigenvalue weighted by Crippen LogP contribution is 2.22. The van der Waals surface area contributed by atoms with Crippen LogP contribution in [0.1, 0.15) is 30.9 Å². The maximum absolute atomic E-state index is 13.1. The summed E-state index contributed by atoms with van der Waals surface area (Å²) in [5.74, 6) is -0.482. The fraction of sp³-hybridized carbons (Fsp3) is 0.391. The highest BCUT2D eigenvalue weighted by Gasteiger charge is 2.26. The number of nitrogens with zero attached hydrogens (tertiary/aromatic N) is 2. The van der Waals surface area contributed by atoms with Gasteiger partial charge < -0.3 is 10.2 Å². The molecule has 0 heterocycles. The predicted octanol–water partition coefficient (Wildman–Crippen LogP) is 3.36. The molecule has 2 rings (SSSR count). The molecule has 0 aromatic heterocycles. The number of hydrogen-bond donors (Lipinski definition) is 1. The Morgan fingerprint density at radius 3 is 2.41 bits per heavy atom. The summed E-state index contributed by atoms with van der Waals surface area (Å²) in [6.07, 6.45) is 1.51. The third-order valence-electron chi connectivity index (χ3n) is 5.10. The van der Waals surface area contributed by atoms with E-state index in [1.807, 2.05) is 31.2 Å². The Hall–Kier alpha value is -2.58. The highest BCUT2D eigenvalue weighted by atomic mass is 35.5. The SMILES string of the molecule is CNC(=O)C(C)N(Cc1cccc(C)c1)C(=O)CCCN(c1cccc(Cl)c1)S(C)(=O)=O. The number of nitrogens with one attached hydrogen (secondary N) is 1. The molecule has 0 radical (unpaired) electrons. The fourth-order valence-electron chi connectivity index (χ4n) is 3.43. The second kappa shape index (κ2) is 11.3. The summed E-state index contributed by atoms with van der Waals surface area (Å²) in [5.41, 5.74) is 2.43. The molecule has 2 aromatic carbocycles. The van der Waals surface area contributed by atoms with Crippen molar-refractivity contribution in [1.29, 1.82) is 0 Å². The lowest BCUT2D eigenvalue weighted by Crippen LogP contribution is -2.46. The highest BCUT2D eigenvalue weighted by molar-refractivity contribution is 7.92. The Kier molecular flexibility index (Phi) is 9.09. The van der Waals surface area contributed by atoms with E-state index >= 15 is 0 Å². The summed E-state index contributed by atoms with van der Waals surface area (Å²) >= 11 is 6.01. The van der Waals surface area contributed by atoms with Crippen molar-refractivity contribution >= 4 is 39.1 Å². The van der Waals surface area contributed by atoms with Gasteiger partial charge in [-0.15, -0.1) is 0 Å². The van der Waals surface area contributed by atoms with Crippen molar-refractivity contribution in [2.75, 3.05) is 24.2 Å². The number of aryl methyl sites for hydroxylation is 1. The molecular weight excluding hydrogens is 450 g/mol. The molecule has 0 saturated carbocycles. The van der Waals surface area contributed by atoms with Gasteiger partial charge in [-0.25, -0.2) is 8.42 Å². The van der Waals surface area contributed by atoms with E-state index in [4.69, 9.17) is 11.6 Å². The van der Waals surface area contributed by atoms with Crippen LogP contribution in [-0.4, -0.2) is 51.0 Å². The zero-order valence-corrected chi connectivity index (χ0v) is 20.4. The van der Waals surface area contributed by atoms with E-state index in [1.165, 1.54) is 16.3 Å². The number of carbonyl (C=O) groups excluding carboxylic acids is 2. The van der Waals surface area contributed by atoms with Crippen molar-refractivity contribution < 1.29 is 18.0 Å². The fourth-order valence-corrected chi connectivity index (χ4v) is 4.58. The van der Waals surface area contributed by atoms with Crippen LogP contribution in [0.3, 0.4) is 0 Å². The predicted molar refractivity (Wildman–Crippen MR) is 128 cm³/mol. The lowest BCUT2D eigenvalue weighted by Gasteiger charge is -2.29. The number of likely N-dealkylation sites (N-methyl/N-ethyl adjacent to an activating group) is 1. The van der Waals surface area contributed by atoms with Crippen molar-refractivity contribution in [3.8, 4) is 0 Å². The summed E-state index contributed by atoms with van der Waals surface area (Å²) < 4.78 is 25.8. The molecule has 174 valence electrons. The molecule has 0 aliphatic heterocycles. The van der Waals surface area contributed by atoms with Crippen LogP contribution >= 0.6 is 11.6 Å². The van der Waals surface area contributed by atoms with E-state index in [2.05, 4.69) is 5.32 Å². The minimum absolute atomic E-state index is 0.0970. The Balaban J connectivity index is 2.14. The van der Waals surface area contributed by atoms with Crippen LogP contribution in [0.2, 0.25) is 5.02 Å². The van der Waals surface area contributed by atoms with Gasteiger partial charge >= 0.3 is 0 Å². The lowest BCUT2D eigenvalue weighted by atomic mass is 10.1. The third kappa shape index (κ3) is 7.24. The van der Waals surface area contributed by atoms with Crippen molar-refractivity contribution in [3.05, 3.63) is 64.7 Å². The summed E-state index contributed by atoms with van der Waals surface area (Å²) in [5, 5.41) is 3.01. The van der Waals surface area contributed by atoms with E-state index in [-0.39, 0.29) is 24.8 Å². The third-order valence-corrected chi connectivity index (χ3v) is 6.53. The maximum Gasteiger partial charge on any atom is 0.242 e. The van der Waals surface area contributed by atoms with Gasteiger partial charge in [0.15, 0.2) is 0 Å². The number of rotatable bonds is 10.